The van der Waals surface area contributed by atoms with Crippen LogP contribution in [0.4, 0.5) is 13.2 Å². The van der Waals surface area contributed by atoms with Gasteiger partial charge in [-0.2, -0.15) is 13.2 Å². The summed E-state index contributed by atoms with van der Waals surface area (Å²) in [5.41, 5.74) is 0. The molecule has 0 rings (SSSR count). The Hall–Kier alpha value is -0.780. The van der Waals surface area contributed by atoms with E-state index in [0.29, 0.717) is 12.8 Å². The molecular formula is C7H12F3NO2. The third kappa shape index (κ3) is 6.39. The number of rotatable bonds is 4. The number of amides is 1. The van der Waals surface area contributed by atoms with Crippen LogP contribution in [0.2, 0.25) is 0 Å². The van der Waals surface area contributed by atoms with Crippen LogP contribution in [0.5, 0.6) is 0 Å². The van der Waals surface area contributed by atoms with Crippen molar-refractivity contribution in [1.82, 2.24) is 5.32 Å². The summed E-state index contributed by atoms with van der Waals surface area (Å²) in [5.74, 6) is -1.93. The highest BCUT2D eigenvalue weighted by atomic mass is 19.4. The van der Waals surface area contributed by atoms with Crippen LogP contribution in [0.3, 0.4) is 0 Å². The van der Waals surface area contributed by atoms with Gasteiger partial charge < -0.3 is 10.4 Å². The average Bonchev–Trinajstić information content (AvgIpc) is 1.95. The molecule has 3 nitrogen and oxygen atoms in total. The maximum Gasteiger partial charge on any atom is 0.471 e. The molecule has 0 aromatic carbocycles. The molecule has 13 heavy (non-hydrogen) atoms. The zero-order chi connectivity index (χ0) is 10.5. The van der Waals surface area contributed by atoms with Gasteiger partial charge in [-0.15, -0.1) is 0 Å². The van der Waals surface area contributed by atoms with E-state index in [1.54, 1.807) is 5.32 Å². The standard InChI is InChI=1S/C7H12F3NO2/c1-5(12)3-2-4-11-6(13)7(8,9)10/h5,12H,2-4H2,1H3,(H,11,13). The van der Waals surface area contributed by atoms with Crippen LogP contribution in [-0.4, -0.2) is 29.8 Å². The molecule has 1 amide bonds. The van der Waals surface area contributed by atoms with E-state index >= 15 is 0 Å². The van der Waals surface area contributed by atoms with Gasteiger partial charge in [-0.25, -0.2) is 0 Å². The van der Waals surface area contributed by atoms with Crippen molar-refractivity contribution in [1.29, 1.82) is 0 Å². The van der Waals surface area contributed by atoms with Crippen LogP contribution in [0, 0.1) is 0 Å². The molecule has 6 heteroatoms. The number of halogens is 3. The number of hydrogen-bond acceptors (Lipinski definition) is 2. The van der Waals surface area contributed by atoms with Crippen molar-refractivity contribution in [3.05, 3.63) is 0 Å². The topological polar surface area (TPSA) is 49.3 Å². The predicted molar refractivity (Wildman–Crippen MR) is 40.0 cm³/mol. The lowest BCUT2D eigenvalue weighted by atomic mass is 10.2. The number of carbonyl (C=O) groups is 1. The second-order valence-electron chi connectivity index (χ2n) is 2.74. The molecule has 0 aliphatic carbocycles. The Balaban J connectivity index is 3.49. The molecule has 0 aliphatic heterocycles. The van der Waals surface area contributed by atoms with Crippen molar-refractivity contribution >= 4 is 5.91 Å². The summed E-state index contributed by atoms with van der Waals surface area (Å²) in [4.78, 5) is 10.2. The van der Waals surface area contributed by atoms with Gasteiger partial charge in [0.1, 0.15) is 0 Å². The van der Waals surface area contributed by atoms with E-state index in [2.05, 4.69) is 0 Å². The Kier molecular flexibility index (Phi) is 4.76. The first-order valence-electron chi connectivity index (χ1n) is 3.87. The van der Waals surface area contributed by atoms with Gasteiger partial charge >= 0.3 is 12.1 Å². The van der Waals surface area contributed by atoms with Crippen molar-refractivity contribution in [2.45, 2.75) is 32.0 Å². The number of alkyl halides is 3. The number of aliphatic hydroxyl groups is 1. The first-order chi connectivity index (χ1) is 5.84. The Labute approximate surface area is 73.9 Å². The highest BCUT2D eigenvalue weighted by Gasteiger charge is 2.38. The Morgan fingerprint density at radius 2 is 2.08 bits per heavy atom. The molecule has 0 saturated heterocycles. The van der Waals surface area contributed by atoms with Crippen molar-refractivity contribution in [3.63, 3.8) is 0 Å². The van der Waals surface area contributed by atoms with Crippen molar-refractivity contribution in [2.24, 2.45) is 0 Å². The molecule has 0 aliphatic rings. The van der Waals surface area contributed by atoms with E-state index in [9.17, 15) is 18.0 Å². The van der Waals surface area contributed by atoms with Crippen LogP contribution >= 0.6 is 0 Å². The van der Waals surface area contributed by atoms with Gasteiger partial charge in [0, 0.05) is 6.54 Å². The summed E-state index contributed by atoms with van der Waals surface area (Å²) in [6.07, 6.45) is -4.66. The zero-order valence-corrected chi connectivity index (χ0v) is 7.19. The zero-order valence-electron chi connectivity index (χ0n) is 7.19. The Morgan fingerprint density at radius 3 is 2.46 bits per heavy atom. The van der Waals surface area contributed by atoms with Gasteiger partial charge in [0.2, 0.25) is 0 Å². The van der Waals surface area contributed by atoms with Gasteiger partial charge in [0.25, 0.3) is 0 Å². The number of aliphatic hydroxyl groups excluding tert-OH is 1. The smallest absolute Gasteiger partial charge is 0.393 e. The van der Waals surface area contributed by atoms with Gasteiger partial charge in [0.15, 0.2) is 0 Å². The van der Waals surface area contributed by atoms with Crippen LogP contribution in [-0.2, 0) is 4.79 Å². The fraction of sp³-hybridized carbons (Fsp3) is 0.857. The quantitative estimate of drug-likeness (QED) is 0.659. The first-order valence-corrected chi connectivity index (χ1v) is 3.87. The maximum atomic E-state index is 11.6. The molecule has 0 fully saturated rings. The molecule has 0 aromatic heterocycles. The van der Waals surface area contributed by atoms with Crippen molar-refractivity contribution in [3.8, 4) is 0 Å². The molecule has 1 unspecified atom stereocenters. The van der Waals surface area contributed by atoms with Crippen molar-refractivity contribution < 1.29 is 23.1 Å². The number of carbonyl (C=O) groups excluding carboxylic acids is 1. The lowest BCUT2D eigenvalue weighted by molar-refractivity contribution is -0.173. The molecule has 0 saturated carbocycles. The molecule has 1 atom stereocenters. The SMILES string of the molecule is CC(O)CCCNC(=O)C(F)(F)F. The third-order valence-electron chi connectivity index (χ3n) is 1.34. The van der Waals surface area contributed by atoms with E-state index in [1.165, 1.54) is 6.92 Å². The predicted octanol–water partition coefficient (Wildman–Crippen LogP) is 0.826. The summed E-state index contributed by atoms with van der Waals surface area (Å²) in [5, 5.41) is 10.4. The van der Waals surface area contributed by atoms with Crippen LogP contribution in [0.1, 0.15) is 19.8 Å². The molecule has 0 aromatic rings. The lowest BCUT2D eigenvalue weighted by Gasteiger charge is -2.08. The second-order valence-corrected chi connectivity index (χ2v) is 2.74. The Bertz CT molecular complexity index is 168. The third-order valence-corrected chi connectivity index (χ3v) is 1.34. The van der Waals surface area contributed by atoms with Gasteiger partial charge in [0.05, 0.1) is 6.10 Å². The summed E-state index contributed by atoms with van der Waals surface area (Å²) >= 11 is 0. The molecule has 0 bridgehead atoms. The van der Waals surface area contributed by atoms with Gasteiger partial charge in [-0.05, 0) is 19.8 Å². The van der Waals surface area contributed by atoms with Gasteiger partial charge in [-0.1, -0.05) is 0 Å². The molecule has 78 valence electrons. The van der Waals surface area contributed by atoms with E-state index in [-0.39, 0.29) is 6.54 Å². The van der Waals surface area contributed by atoms with E-state index in [0.717, 1.165) is 0 Å². The molecule has 0 heterocycles. The number of hydrogen-bond donors (Lipinski definition) is 2. The van der Waals surface area contributed by atoms with E-state index in [4.69, 9.17) is 5.11 Å². The second kappa shape index (κ2) is 5.06. The summed E-state index contributed by atoms with van der Waals surface area (Å²) < 4.78 is 34.7. The molecule has 2 N–H and O–H groups in total. The largest absolute Gasteiger partial charge is 0.471 e. The summed E-state index contributed by atoms with van der Waals surface area (Å²) in [6, 6.07) is 0. The highest BCUT2D eigenvalue weighted by molar-refractivity contribution is 5.81. The minimum Gasteiger partial charge on any atom is -0.393 e. The van der Waals surface area contributed by atoms with Crippen LogP contribution < -0.4 is 5.32 Å². The maximum absolute atomic E-state index is 11.6. The Morgan fingerprint density at radius 1 is 1.54 bits per heavy atom. The minimum atomic E-state index is -4.81. The highest BCUT2D eigenvalue weighted by Crippen LogP contribution is 2.13. The lowest BCUT2D eigenvalue weighted by Crippen LogP contribution is -2.37. The van der Waals surface area contributed by atoms with Crippen LogP contribution in [0.15, 0.2) is 0 Å². The minimum absolute atomic E-state index is 0.0662. The average molecular weight is 199 g/mol. The van der Waals surface area contributed by atoms with E-state index < -0.39 is 18.2 Å². The fourth-order valence-corrected chi connectivity index (χ4v) is 0.700. The molecule has 0 spiro atoms. The molecular weight excluding hydrogens is 187 g/mol. The van der Waals surface area contributed by atoms with Crippen molar-refractivity contribution in [2.75, 3.05) is 6.54 Å². The first kappa shape index (κ1) is 12.2. The van der Waals surface area contributed by atoms with Gasteiger partial charge in [-0.3, -0.25) is 4.79 Å². The van der Waals surface area contributed by atoms with E-state index in [1.807, 2.05) is 0 Å². The summed E-state index contributed by atoms with van der Waals surface area (Å²) in [6.45, 7) is 1.47. The number of nitrogens with one attached hydrogen (secondary N) is 1. The fourth-order valence-electron chi connectivity index (χ4n) is 0.700. The monoisotopic (exact) mass is 199 g/mol. The van der Waals surface area contributed by atoms with Crippen LogP contribution in [0.25, 0.3) is 0 Å². The normalized spacial score (nSPS) is 13.9. The molecule has 0 radical (unpaired) electrons. The summed E-state index contributed by atoms with van der Waals surface area (Å²) in [7, 11) is 0.